The van der Waals surface area contributed by atoms with Crippen LogP contribution in [-0.2, 0) is 0 Å². The Labute approximate surface area is 161 Å². The monoisotopic (exact) mass is 364 g/mol. The lowest BCUT2D eigenvalue weighted by Gasteiger charge is -2.49. The number of aromatic nitrogens is 2. The van der Waals surface area contributed by atoms with E-state index in [0.717, 1.165) is 41.3 Å². The van der Waals surface area contributed by atoms with E-state index in [0.29, 0.717) is 12.1 Å². The van der Waals surface area contributed by atoms with Gasteiger partial charge in [-0.15, -0.1) is 0 Å². The summed E-state index contributed by atoms with van der Waals surface area (Å²) in [6.45, 7) is 9.07. The second-order valence-electron chi connectivity index (χ2n) is 7.97. The van der Waals surface area contributed by atoms with Crippen molar-refractivity contribution in [1.29, 1.82) is 0 Å². The van der Waals surface area contributed by atoms with Gasteiger partial charge in [-0.2, -0.15) is 0 Å². The fourth-order valence-corrected chi connectivity index (χ4v) is 4.29. The van der Waals surface area contributed by atoms with Gasteiger partial charge in [0.15, 0.2) is 0 Å². The molecule has 1 aromatic heterocycles. The molecule has 1 atom stereocenters. The molecule has 27 heavy (non-hydrogen) atoms. The van der Waals surface area contributed by atoms with E-state index in [1.54, 1.807) is 6.20 Å². The van der Waals surface area contributed by atoms with Crippen molar-refractivity contribution in [3.63, 3.8) is 0 Å². The highest BCUT2D eigenvalue weighted by Gasteiger charge is 2.37. The van der Waals surface area contributed by atoms with Crippen LogP contribution in [0.3, 0.4) is 0 Å². The molecule has 1 amide bonds. The molecular weight excluding hydrogens is 336 g/mol. The smallest absolute Gasteiger partial charge is 0.253 e. The predicted octanol–water partition coefficient (Wildman–Crippen LogP) is 3.46. The van der Waals surface area contributed by atoms with Crippen LogP contribution in [0.1, 0.15) is 47.9 Å². The van der Waals surface area contributed by atoms with Gasteiger partial charge in [0.05, 0.1) is 17.1 Å². The predicted molar refractivity (Wildman–Crippen MR) is 107 cm³/mol. The standard InChI is InChI=1S/C22H28N4O/c1-15-12-23-17(3)21(24-15)18-8-6-9-19(11-18)22(27)25-13-20(14-25)26-10-5-4-7-16(26)2/h6,8-9,11-12,16,20H,4-5,7,10,13-14H2,1-3H3/t16-/m1/s1. The fraction of sp³-hybridized carbons (Fsp3) is 0.500. The van der Waals surface area contributed by atoms with E-state index in [1.807, 2.05) is 43.0 Å². The molecule has 0 saturated carbocycles. The zero-order valence-corrected chi connectivity index (χ0v) is 16.5. The van der Waals surface area contributed by atoms with Gasteiger partial charge in [0.1, 0.15) is 0 Å². The third-order valence-electron chi connectivity index (χ3n) is 5.93. The summed E-state index contributed by atoms with van der Waals surface area (Å²) in [5.74, 6) is 0.121. The van der Waals surface area contributed by atoms with Crippen LogP contribution in [0.5, 0.6) is 0 Å². The van der Waals surface area contributed by atoms with Crippen molar-refractivity contribution in [3.8, 4) is 11.3 Å². The molecule has 0 radical (unpaired) electrons. The van der Waals surface area contributed by atoms with E-state index >= 15 is 0 Å². The number of hydrogen-bond donors (Lipinski definition) is 0. The van der Waals surface area contributed by atoms with Crippen LogP contribution in [0.4, 0.5) is 0 Å². The molecule has 1 aromatic carbocycles. The second kappa shape index (κ2) is 7.39. The fourth-order valence-electron chi connectivity index (χ4n) is 4.29. The Morgan fingerprint density at radius 1 is 1.19 bits per heavy atom. The van der Waals surface area contributed by atoms with Gasteiger partial charge in [-0.05, 0) is 52.3 Å². The molecule has 3 heterocycles. The highest BCUT2D eigenvalue weighted by molar-refractivity contribution is 5.96. The topological polar surface area (TPSA) is 49.3 Å². The first-order valence-electron chi connectivity index (χ1n) is 9.98. The van der Waals surface area contributed by atoms with Gasteiger partial charge in [0.25, 0.3) is 5.91 Å². The van der Waals surface area contributed by atoms with Crippen LogP contribution in [0, 0.1) is 13.8 Å². The third-order valence-corrected chi connectivity index (χ3v) is 5.93. The number of aryl methyl sites for hydroxylation is 2. The van der Waals surface area contributed by atoms with Crippen molar-refractivity contribution >= 4 is 5.91 Å². The van der Waals surface area contributed by atoms with Crippen LogP contribution < -0.4 is 0 Å². The van der Waals surface area contributed by atoms with Crippen molar-refractivity contribution in [3.05, 3.63) is 47.4 Å². The van der Waals surface area contributed by atoms with Crippen molar-refractivity contribution < 1.29 is 4.79 Å². The minimum absolute atomic E-state index is 0.121. The van der Waals surface area contributed by atoms with Crippen LogP contribution in [0.15, 0.2) is 30.5 Å². The molecule has 0 spiro atoms. The average Bonchev–Trinajstić information content (AvgIpc) is 2.64. The van der Waals surface area contributed by atoms with Crippen molar-refractivity contribution in [2.24, 2.45) is 0 Å². The first kappa shape index (κ1) is 18.1. The molecule has 5 heteroatoms. The molecule has 142 valence electrons. The molecule has 2 fully saturated rings. The van der Waals surface area contributed by atoms with E-state index in [-0.39, 0.29) is 5.91 Å². The lowest BCUT2D eigenvalue weighted by atomic mass is 9.96. The number of likely N-dealkylation sites (tertiary alicyclic amines) is 2. The van der Waals surface area contributed by atoms with E-state index in [4.69, 9.17) is 0 Å². The molecule has 0 unspecified atom stereocenters. The summed E-state index contributed by atoms with van der Waals surface area (Å²) in [6.07, 6.45) is 5.67. The minimum Gasteiger partial charge on any atom is -0.335 e. The number of nitrogens with zero attached hydrogens (tertiary/aromatic N) is 4. The lowest BCUT2D eigenvalue weighted by Crippen LogP contribution is -2.63. The summed E-state index contributed by atoms with van der Waals surface area (Å²) in [5.41, 5.74) is 4.31. The SMILES string of the molecule is Cc1cnc(C)c(-c2cccc(C(=O)N3CC(N4CCCC[C@H]4C)C3)c2)n1. The number of amides is 1. The largest absolute Gasteiger partial charge is 0.335 e. The normalized spacial score (nSPS) is 21.1. The summed E-state index contributed by atoms with van der Waals surface area (Å²) in [7, 11) is 0. The van der Waals surface area contributed by atoms with Crippen molar-refractivity contribution in [2.45, 2.75) is 52.1 Å². The van der Waals surface area contributed by atoms with Crippen LogP contribution in [0.2, 0.25) is 0 Å². The number of carbonyl (C=O) groups excluding carboxylic acids is 1. The number of rotatable bonds is 3. The summed E-state index contributed by atoms with van der Waals surface area (Å²) < 4.78 is 0. The van der Waals surface area contributed by atoms with Gasteiger partial charge in [-0.1, -0.05) is 18.6 Å². The summed E-state index contributed by atoms with van der Waals surface area (Å²) >= 11 is 0. The molecular formula is C22H28N4O. The second-order valence-corrected chi connectivity index (χ2v) is 7.97. The van der Waals surface area contributed by atoms with Crippen LogP contribution in [-0.4, -0.2) is 57.4 Å². The highest BCUT2D eigenvalue weighted by Crippen LogP contribution is 2.27. The van der Waals surface area contributed by atoms with E-state index in [9.17, 15) is 4.79 Å². The van der Waals surface area contributed by atoms with Gasteiger partial charge in [0, 0.05) is 42.5 Å². The summed E-state index contributed by atoms with van der Waals surface area (Å²) in [5, 5.41) is 0. The van der Waals surface area contributed by atoms with E-state index in [1.165, 1.54) is 25.8 Å². The van der Waals surface area contributed by atoms with E-state index < -0.39 is 0 Å². The Morgan fingerprint density at radius 2 is 2.00 bits per heavy atom. The Bertz CT molecular complexity index is 844. The van der Waals surface area contributed by atoms with Crippen molar-refractivity contribution in [1.82, 2.24) is 19.8 Å². The van der Waals surface area contributed by atoms with Crippen molar-refractivity contribution in [2.75, 3.05) is 19.6 Å². The highest BCUT2D eigenvalue weighted by atomic mass is 16.2. The molecule has 2 aliphatic rings. The Balaban J connectivity index is 1.47. The molecule has 4 rings (SSSR count). The third kappa shape index (κ3) is 3.61. The molecule has 5 nitrogen and oxygen atoms in total. The average molecular weight is 364 g/mol. The summed E-state index contributed by atoms with van der Waals surface area (Å²) in [4.78, 5) is 26.5. The van der Waals surface area contributed by atoms with Gasteiger partial charge in [-0.25, -0.2) is 4.98 Å². The first-order chi connectivity index (χ1) is 13.0. The van der Waals surface area contributed by atoms with Gasteiger partial charge in [-0.3, -0.25) is 14.7 Å². The Hall–Kier alpha value is -2.27. The minimum atomic E-state index is 0.121. The Morgan fingerprint density at radius 3 is 2.78 bits per heavy atom. The first-order valence-corrected chi connectivity index (χ1v) is 9.98. The molecule has 0 N–H and O–H groups in total. The number of piperidine rings is 1. The maximum Gasteiger partial charge on any atom is 0.253 e. The van der Waals surface area contributed by atoms with Gasteiger partial charge in [0.2, 0.25) is 0 Å². The van der Waals surface area contributed by atoms with Gasteiger partial charge >= 0.3 is 0 Å². The summed E-state index contributed by atoms with van der Waals surface area (Å²) in [6, 6.07) is 8.97. The molecule has 2 saturated heterocycles. The maximum atomic E-state index is 12.9. The number of hydrogen-bond acceptors (Lipinski definition) is 4. The van der Waals surface area contributed by atoms with Crippen LogP contribution in [0.25, 0.3) is 11.3 Å². The zero-order chi connectivity index (χ0) is 19.0. The number of benzene rings is 1. The quantitative estimate of drug-likeness (QED) is 0.837. The lowest BCUT2D eigenvalue weighted by molar-refractivity contribution is 0.00213. The molecule has 0 bridgehead atoms. The van der Waals surface area contributed by atoms with Gasteiger partial charge < -0.3 is 4.90 Å². The maximum absolute atomic E-state index is 12.9. The Kier molecular flexibility index (Phi) is 4.96. The molecule has 2 aromatic rings. The van der Waals surface area contributed by atoms with E-state index in [2.05, 4.69) is 21.8 Å². The molecule has 0 aliphatic carbocycles. The number of carbonyl (C=O) groups is 1. The van der Waals surface area contributed by atoms with Crippen LogP contribution >= 0.6 is 0 Å². The molecule has 2 aliphatic heterocycles. The zero-order valence-electron chi connectivity index (χ0n) is 16.5.